The Balaban J connectivity index is 2.41. The van der Waals surface area contributed by atoms with E-state index >= 15 is 0 Å². The van der Waals surface area contributed by atoms with Crippen molar-refractivity contribution >= 4 is 17.6 Å². The van der Waals surface area contributed by atoms with Gasteiger partial charge >= 0.3 is 0 Å². The maximum Gasteiger partial charge on any atom is 0.160 e. The first-order valence-electron chi connectivity index (χ1n) is 3.84. The van der Waals surface area contributed by atoms with Gasteiger partial charge in [-0.2, -0.15) is 0 Å². The lowest BCUT2D eigenvalue weighted by Gasteiger charge is -1.93. The number of hydrogen-bond acceptors (Lipinski definition) is 3. The first-order valence-corrected chi connectivity index (χ1v) is 4.72. The number of pyridine rings is 1. The van der Waals surface area contributed by atoms with Crippen molar-refractivity contribution in [2.24, 2.45) is 0 Å². The van der Waals surface area contributed by atoms with Crippen molar-refractivity contribution in [2.75, 3.05) is 0 Å². The van der Waals surface area contributed by atoms with Crippen molar-refractivity contribution in [3.8, 4) is 11.1 Å². The molecule has 0 unspecified atom stereocenters. The molecule has 0 atom stereocenters. The molecule has 2 aromatic heterocycles. The van der Waals surface area contributed by atoms with Gasteiger partial charge in [-0.15, -0.1) is 11.3 Å². The fourth-order valence-corrected chi connectivity index (χ4v) is 1.83. The maximum absolute atomic E-state index is 10.4. The van der Waals surface area contributed by atoms with Gasteiger partial charge in [0.05, 0.1) is 4.88 Å². The van der Waals surface area contributed by atoms with Crippen LogP contribution in [0.3, 0.4) is 0 Å². The van der Waals surface area contributed by atoms with Gasteiger partial charge in [0.25, 0.3) is 0 Å². The van der Waals surface area contributed by atoms with E-state index in [1.807, 2.05) is 23.6 Å². The highest BCUT2D eigenvalue weighted by Gasteiger charge is 2.00. The highest BCUT2D eigenvalue weighted by molar-refractivity contribution is 7.12. The van der Waals surface area contributed by atoms with Crippen LogP contribution in [0.5, 0.6) is 0 Å². The molecule has 13 heavy (non-hydrogen) atoms. The van der Waals surface area contributed by atoms with Crippen LogP contribution >= 0.6 is 11.3 Å². The smallest absolute Gasteiger partial charge is 0.160 e. The summed E-state index contributed by atoms with van der Waals surface area (Å²) in [5.41, 5.74) is 2.17. The van der Waals surface area contributed by atoms with E-state index in [2.05, 4.69) is 4.98 Å². The molecule has 2 nitrogen and oxygen atoms in total. The van der Waals surface area contributed by atoms with Gasteiger partial charge in [0, 0.05) is 12.4 Å². The second-order valence-corrected chi connectivity index (χ2v) is 3.53. The van der Waals surface area contributed by atoms with Crippen LogP contribution in [0.25, 0.3) is 11.1 Å². The number of carbonyl (C=O) groups excluding carboxylic acids is 1. The zero-order chi connectivity index (χ0) is 9.10. The van der Waals surface area contributed by atoms with Gasteiger partial charge in [-0.1, -0.05) is 0 Å². The Kier molecular flexibility index (Phi) is 2.19. The lowest BCUT2D eigenvalue weighted by molar-refractivity contribution is 0.112. The van der Waals surface area contributed by atoms with Crippen molar-refractivity contribution in [1.82, 2.24) is 4.98 Å². The largest absolute Gasteiger partial charge is 0.297 e. The van der Waals surface area contributed by atoms with Crippen molar-refractivity contribution in [3.63, 3.8) is 0 Å². The Labute approximate surface area is 79.9 Å². The summed E-state index contributed by atoms with van der Waals surface area (Å²) in [6.45, 7) is 0. The molecule has 0 aliphatic carbocycles. The van der Waals surface area contributed by atoms with Gasteiger partial charge in [-0.3, -0.25) is 9.78 Å². The topological polar surface area (TPSA) is 30.0 Å². The van der Waals surface area contributed by atoms with Crippen LogP contribution in [0, 0.1) is 0 Å². The highest BCUT2D eigenvalue weighted by atomic mass is 32.1. The molecule has 2 rings (SSSR count). The Morgan fingerprint density at radius 2 is 2.00 bits per heavy atom. The molecule has 0 aromatic carbocycles. The molecular formula is C10H7NOS. The lowest BCUT2D eigenvalue weighted by Crippen LogP contribution is -1.74. The number of aldehydes is 1. The summed E-state index contributed by atoms with van der Waals surface area (Å²) in [4.78, 5) is 15.1. The molecule has 3 heteroatoms. The SMILES string of the molecule is O=Cc1cc(-c2ccncc2)cs1. The number of nitrogens with zero attached hydrogens (tertiary/aromatic N) is 1. The van der Waals surface area contributed by atoms with Gasteiger partial charge in [-0.25, -0.2) is 0 Å². The molecule has 0 N–H and O–H groups in total. The number of rotatable bonds is 2. The predicted molar refractivity (Wildman–Crippen MR) is 52.9 cm³/mol. The van der Waals surface area contributed by atoms with Crippen LogP contribution in [0.15, 0.2) is 36.0 Å². The summed E-state index contributed by atoms with van der Waals surface area (Å²) >= 11 is 1.46. The van der Waals surface area contributed by atoms with Crippen molar-refractivity contribution in [1.29, 1.82) is 0 Å². The van der Waals surface area contributed by atoms with Crippen LogP contribution in [0.2, 0.25) is 0 Å². The van der Waals surface area contributed by atoms with Gasteiger partial charge in [0.15, 0.2) is 6.29 Å². The van der Waals surface area contributed by atoms with Gasteiger partial charge in [0.2, 0.25) is 0 Å². The van der Waals surface area contributed by atoms with Crippen LogP contribution in [-0.4, -0.2) is 11.3 Å². The normalized spacial score (nSPS) is 9.85. The first-order chi connectivity index (χ1) is 6.40. The minimum atomic E-state index is 0.756. The van der Waals surface area contributed by atoms with Gasteiger partial charge in [0.1, 0.15) is 0 Å². The third-order valence-electron chi connectivity index (χ3n) is 1.75. The minimum absolute atomic E-state index is 0.756. The molecule has 0 aliphatic heterocycles. The summed E-state index contributed by atoms with van der Waals surface area (Å²) in [6, 6.07) is 5.74. The van der Waals surface area contributed by atoms with E-state index in [4.69, 9.17) is 0 Å². The molecule has 2 aromatic rings. The van der Waals surface area contributed by atoms with Crippen molar-refractivity contribution in [2.45, 2.75) is 0 Å². The number of hydrogen-bond donors (Lipinski definition) is 0. The average Bonchev–Trinajstić information content (AvgIpc) is 2.67. The molecule has 0 aliphatic rings. The van der Waals surface area contributed by atoms with Crippen LogP contribution in [-0.2, 0) is 0 Å². The fourth-order valence-electron chi connectivity index (χ4n) is 1.11. The molecule has 0 bridgehead atoms. The lowest BCUT2D eigenvalue weighted by atomic mass is 10.1. The summed E-state index contributed by atoms with van der Waals surface area (Å²) < 4.78 is 0. The third-order valence-corrected chi connectivity index (χ3v) is 2.61. The predicted octanol–water partition coefficient (Wildman–Crippen LogP) is 2.62. The zero-order valence-corrected chi connectivity index (χ0v) is 7.62. The van der Waals surface area contributed by atoms with E-state index in [1.54, 1.807) is 12.4 Å². The Hall–Kier alpha value is -1.48. The van der Waals surface area contributed by atoms with Gasteiger partial charge < -0.3 is 0 Å². The Morgan fingerprint density at radius 3 is 2.62 bits per heavy atom. The number of aromatic nitrogens is 1. The number of carbonyl (C=O) groups is 1. The fraction of sp³-hybridized carbons (Fsp3) is 0. The average molecular weight is 189 g/mol. The van der Waals surface area contributed by atoms with Crippen LogP contribution in [0.4, 0.5) is 0 Å². The van der Waals surface area contributed by atoms with Crippen molar-refractivity contribution < 1.29 is 4.79 Å². The quantitative estimate of drug-likeness (QED) is 0.680. The van der Waals surface area contributed by atoms with Gasteiger partial charge in [-0.05, 0) is 34.7 Å². The third kappa shape index (κ3) is 1.65. The van der Waals surface area contributed by atoms with E-state index in [0.717, 1.165) is 22.3 Å². The maximum atomic E-state index is 10.4. The van der Waals surface area contributed by atoms with E-state index in [0.29, 0.717) is 0 Å². The molecular weight excluding hydrogens is 182 g/mol. The minimum Gasteiger partial charge on any atom is -0.297 e. The van der Waals surface area contributed by atoms with Crippen LogP contribution in [0.1, 0.15) is 9.67 Å². The van der Waals surface area contributed by atoms with E-state index in [1.165, 1.54) is 11.3 Å². The second-order valence-electron chi connectivity index (χ2n) is 2.59. The molecule has 0 saturated carbocycles. The molecule has 64 valence electrons. The molecule has 0 spiro atoms. The van der Waals surface area contributed by atoms with Crippen LogP contribution < -0.4 is 0 Å². The standard InChI is InChI=1S/C10H7NOS/c12-6-10-5-9(7-13-10)8-1-3-11-4-2-8/h1-7H. The summed E-state index contributed by atoms with van der Waals surface area (Å²) in [5, 5.41) is 1.97. The zero-order valence-electron chi connectivity index (χ0n) is 6.81. The highest BCUT2D eigenvalue weighted by Crippen LogP contribution is 2.23. The summed E-state index contributed by atoms with van der Waals surface area (Å²) in [5.74, 6) is 0. The molecule has 0 radical (unpaired) electrons. The second kappa shape index (κ2) is 3.49. The Bertz CT molecular complexity index is 408. The monoisotopic (exact) mass is 189 g/mol. The Morgan fingerprint density at radius 1 is 1.23 bits per heavy atom. The van der Waals surface area contributed by atoms with E-state index in [-0.39, 0.29) is 0 Å². The first kappa shape index (κ1) is 8.13. The molecule has 2 heterocycles. The van der Waals surface area contributed by atoms with Crippen molar-refractivity contribution in [3.05, 3.63) is 40.8 Å². The summed E-state index contributed by atoms with van der Waals surface area (Å²) in [6.07, 6.45) is 4.36. The molecule has 0 fully saturated rings. The number of thiophene rings is 1. The molecule has 0 saturated heterocycles. The molecule has 0 amide bonds. The summed E-state index contributed by atoms with van der Waals surface area (Å²) in [7, 11) is 0. The van der Waals surface area contributed by atoms with E-state index in [9.17, 15) is 4.79 Å². The van der Waals surface area contributed by atoms with E-state index < -0.39 is 0 Å².